The molecular formula is C66H44N2. The molecule has 318 valence electrons. The van der Waals surface area contributed by atoms with Gasteiger partial charge in [-0.15, -0.1) is 0 Å². The van der Waals surface area contributed by atoms with Crippen LogP contribution in [0.1, 0.15) is 0 Å². The van der Waals surface area contributed by atoms with Crippen LogP contribution in [0.15, 0.2) is 267 Å². The molecule has 0 saturated heterocycles. The zero-order valence-corrected chi connectivity index (χ0v) is 37.3. The zero-order valence-electron chi connectivity index (χ0n) is 37.3. The van der Waals surface area contributed by atoms with Crippen molar-refractivity contribution in [3.8, 4) is 78.1 Å². The topological polar surface area (TPSA) is 9.86 Å². The van der Waals surface area contributed by atoms with Crippen LogP contribution in [-0.2, 0) is 0 Å². The predicted octanol–water partition coefficient (Wildman–Crippen LogP) is 17.9. The van der Waals surface area contributed by atoms with Crippen LogP contribution >= 0.6 is 0 Å². The molecule has 11 aromatic carbocycles. The third-order valence-corrected chi connectivity index (χ3v) is 13.7. The molecule has 0 unspecified atom stereocenters. The highest BCUT2D eigenvalue weighted by Gasteiger charge is 2.20. The molecule has 0 aliphatic rings. The van der Waals surface area contributed by atoms with E-state index in [-0.39, 0.29) is 0 Å². The van der Waals surface area contributed by atoms with Crippen LogP contribution in [0.4, 0.5) is 0 Å². The summed E-state index contributed by atoms with van der Waals surface area (Å²) in [6.07, 6.45) is 0. The van der Waals surface area contributed by atoms with Crippen LogP contribution in [0, 0.1) is 0 Å². The molecule has 0 aliphatic heterocycles. The summed E-state index contributed by atoms with van der Waals surface area (Å²) in [5, 5.41) is 4.92. The summed E-state index contributed by atoms with van der Waals surface area (Å²) in [5.74, 6) is 0. The molecule has 0 saturated carbocycles. The van der Waals surface area contributed by atoms with E-state index in [9.17, 15) is 0 Å². The highest BCUT2D eigenvalue weighted by Crippen LogP contribution is 2.43. The van der Waals surface area contributed by atoms with Crippen LogP contribution in [0.25, 0.3) is 122 Å². The van der Waals surface area contributed by atoms with Crippen molar-refractivity contribution in [2.24, 2.45) is 0 Å². The SMILES string of the molecule is c1ccc(-c2ccc3c(c2)c2cc(-c4ccccc4)ccc2n3-c2ccccc2-c2cccc(-c3ccccc3-n3c4ccc(-c5ccccc5)cc4c4cc(-c5ccccc5)ccc43)c2)cc1. The lowest BCUT2D eigenvalue weighted by atomic mass is 9.96. The Morgan fingerprint density at radius 1 is 0.176 bits per heavy atom. The summed E-state index contributed by atoms with van der Waals surface area (Å²) in [5.41, 5.74) is 21.3. The Balaban J connectivity index is 0.975. The monoisotopic (exact) mass is 864 g/mol. The third-order valence-electron chi connectivity index (χ3n) is 13.7. The van der Waals surface area contributed by atoms with E-state index in [1.165, 1.54) is 99.2 Å². The fourth-order valence-corrected chi connectivity index (χ4v) is 10.5. The van der Waals surface area contributed by atoms with Crippen molar-refractivity contribution in [2.45, 2.75) is 0 Å². The number of benzene rings is 11. The van der Waals surface area contributed by atoms with E-state index in [1.54, 1.807) is 0 Å². The number of hydrogen-bond donors (Lipinski definition) is 0. The van der Waals surface area contributed by atoms with E-state index >= 15 is 0 Å². The summed E-state index contributed by atoms with van der Waals surface area (Å²) >= 11 is 0. The van der Waals surface area contributed by atoms with Crippen molar-refractivity contribution in [3.63, 3.8) is 0 Å². The molecule has 0 atom stereocenters. The second-order valence-electron chi connectivity index (χ2n) is 17.7. The molecule has 2 aromatic heterocycles. The lowest BCUT2D eigenvalue weighted by Crippen LogP contribution is -1.98. The van der Waals surface area contributed by atoms with Crippen LogP contribution in [0.2, 0.25) is 0 Å². The second-order valence-corrected chi connectivity index (χ2v) is 17.7. The fourth-order valence-electron chi connectivity index (χ4n) is 10.5. The minimum atomic E-state index is 1.14. The summed E-state index contributed by atoms with van der Waals surface area (Å²) in [6, 6.07) is 97.5. The van der Waals surface area contributed by atoms with Gasteiger partial charge in [0.15, 0.2) is 0 Å². The van der Waals surface area contributed by atoms with Gasteiger partial charge in [-0.25, -0.2) is 0 Å². The molecule has 0 aliphatic carbocycles. The summed E-state index contributed by atoms with van der Waals surface area (Å²) in [6.45, 7) is 0. The van der Waals surface area contributed by atoms with Crippen molar-refractivity contribution < 1.29 is 0 Å². The normalized spacial score (nSPS) is 11.5. The van der Waals surface area contributed by atoms with E-state index in [0.717, 1.165) is 22.5 Å². The second kappa shape index (κ2) is 16.5. The van der Waals surface area contributed by atoms with Crippen molar-refractivity contribution in [1.82, 2.24) is 9.13 Å². The van der Waals surface area contributed by atoms with Gasteiger partial charge >= 0.3 is 0 Å². The Hall–Kier alpha value is -8.98. The maximum Gasteiger partial charge on any atom is 0.0541 e. The lowest BCUT2D eigenvalue weighted by Gasteiger charge is -2.17. The van der Waals surface area contributed by atoms with Gasteiger partial charge < -0.3 is 9.13 Å². The fraction of sp³-hybridized carbons (Fsp3) is 0. The highest BCUT2D eigenvalue weighted by molar-refractivity contribution is 6.13. The van der Waals surface area contributed by atoms with E-state index in [4.69, 9.17) is 0 Å². The van der Waals surface area contributed by atoms with Gasteiger partial charge in [-0.1, -0.05) is 200 Å². The standard InChI is InChI=1S/C66H44N2/c1-5-18-45(19-6-1)49-32-36-63-57(41-49)58-42-50(46-20-7-2-8-21-46)33-37-64(58)67(63)61-30-15-13-28-55(61)53-26-17-27-54(40-53)56-29-14-16-31-62(56)68-65-38-34-51(47-22-9-3-10-23-47)43-59(65)60-44-52(35-39-66(60)68)48-24-11-4-12-25-48/h1-44H. The van der Waals surface area contributed by atoms with Gasteiger partial charge in [0.1, 0.15) is 0 Å². The molecule has 0 spiro atoms. The molecule has 2 nitrogen and oxygen atoms in total. The molecule has 0 radical (unpaired) electrons. The first-order valence-electron chi connectivity index (χ1n) is 23.4. The Labute approximate surface area is 395 Å². The highest BCUT2D eigenvalue weighted by atomic mass is 15.0. The minimum absolute atomic E-state index is 1.14. The van der Waals surface area contributed by atoms with E-state index in [2.05, 4.69) is 276 Å². The average molecular weight is 865 g/mol. The number of para-hydroxylation sites is 2. The molecule has 0 bridgehead atoms. The maximum atomic E-state index is 2.47. The van der Waals surface area contributed by atoms with E-state index in [1.807, 2.05) is 0 Å². The lowest BCUT2D eigenvalue weighted by molar-refractivity contribution is 1.18. The van der Waals surface area contributed by atoms with Gasteiger partial charge in [0.25, 0.3) is 0 Å². The van der Waals surface area contributed by atoms with E-state index < -0.39 is 0 Å². The van der Waals surface area contributed by atoms with Crippen LogP contribution in [0.3, 0.4) is 0 Å². The van der Waals surface area contributed by atoms with Crippen LogP contribution in [-0.4, -0.2) is 9.13 Å². The van der Waals surface area contributed by atoms with Gasteiger partial charge in [0, 0.05) is 32.7 Å². The largest absolute Gasteiger partial charge is 0.309 e. The number of nitrogens with zero attached hydrogens (tertiary/aromatic N) is 2. The third kappa shape index (κ3) is 6.73. The van der Waals surface area contributed by atoms with Crippen molar-refractivity contribution in [2.75, 3.05) is 0 Å². The summed E-state index contributed by atoms with van der Waals surface area (Å²) < 4.78 is 4.94. The first kappa shape index (κ1) is 39.4. The maximum absolute atomic E-state index is 2.47. The molecule has 13 rings (SSSR count). The van der Waals surface area contributed by atoms with Gasteiger partial charge in [0.05, 0.1) is 33.4 Å². The van der Waals surface area contributed by atoms with Gasteiger partial charge in [-0.05, 0) is 122 Å². The zero-order chi connectivity index (χ0) is 45.0. The van der Waals surface area contributed by atoms with E-state index in [0.29, 0.717) is 0 Å². The van der Waals surface area contributed by atoms with Gasteiger partial charge in [-0.2, -0.15) is 0 Å². The molecular weight excluding hydrogens is 821 g/mol. The summed E-state index contributed by atoms with van der Waals surface area (Å²) in [4.78, 5) is 0. The number of aromatic nitrogens is 2. The molecule has 0 amide bonds. The predicted molar refractivity (Wildman–Crippen MR) is 288 cm³/mol. The Morgan fingerprint density at radius 2 is 0.441 bits per heavy atom. The number of rotatable bonds is 8. The van der Waals surface area contributed by atoms with Crippen LogP contribution < -0.4 is 0 Å². The van der Waals surface area contributed by atoms with Crippen molar-refractivity contribution >= 4 is 43.6 Å². The Kier molecular flexibility index (Phi) is 9.54. The van der Waals surface area contributed by atoms with Gasteiger partial charge in [0.2, 0.25) is 0 Å². The minimum Gasteiger partial charge on any atom is -0.309 e. The molecule has 0 fully saturated rings. The van der Waals surface area contributed by atoms with Crippen LogP contribution in [0.5, 0.6) is 0 Å². The average Bonchev–Trinajstić information content (AvgIpc) is 3.93. The van der Waals surface area contributed by atoms with Crippen molar-refractivity contribution in [3.05, 3.63) is 267 Å². The first-order chi connectivity index (χ1) is 33.7. The quantitative estimate of drug-likeness (QED) is 0.144. The van der Waals surface area contributed by atoms with Gasteiger partial charge in [-0.3, -0.25) is 0 Å². The first-order valence-corrected chi connectivity index (χ1v) is 23.4. The summed E-state index contributed by atoms with van der Waals surface area (Å²) in [7, 11) is 0. The number of fused-ring (bicyclic) bond motifs is 6. The smallest absolute Gasteiger partial charge is 0.0541 e. The molecule has 0 N–H and O–H groups in total. The molecule has 68 heavy (non-hydrogen) atoms. The Bertz CT molecular complexity index is 3540. The number of hydrogen-bond acceptors (Lipinski definition) is 0. The Morgan fingerprint density at radius 3 is 0.750 bits per heavy atom. The molecule has 2 heteroatoms. The molecule has 2 heterocycles. The van der Waals surface area contributed by atoms with Crippen molar-refractivity contribution in [1.29, 1.82) is 0 Å². The molecule has 13 aromatic rings.